The van der Waals surface area contributed by atoms with Crippen LogP contribution in [0.4, 0.5) is 5.69 Å². The second-order valence-electron chi connectivity index (χ2n) is 7.08. The van der Waals surface area contributed by atoms with Crippen LogP contribution < -0.4 is 4.90 Å². The van der Waals surface area contributed by atoms with Crippen molar-refractivity contribution in [3.8, 4) is 0 Å². The van der Waals surface area contributed by atoms with Gasteiger partial charge >= 0.3 is 0 Å². The molecule has 28 heavy (non-hydrogen) atoms. The van der Waals surface area contributed by atoms with E-state index >= 15 is 0 Å². The molecule has 2 aromatic rings. The Bertz CT molecular complexity index is 1030. The van der Waals surface area contributed by atoms with Gasteiger partial charge in [-0.1, -0.05) is 42.8 Å². The van der Waals surface area contributed by atoms with Crippen molar-refractivity contribution in [3.05, 3.63) is 65.9 Å². The lowest BCUT2D eigenvalue weighted by molar-refractivity contribution is 0.346. The van der Waals surface area contributed by atoms with Crippen LogP contribution in [0.3, 0.4) is 0 Å². The predicted molar refractivity (Wildman–Crippen MR) is 110 cm³/mol. The van der Waals surface area contributed by atoms with Gasteiger partial charge in [0.1, 0.15) is 11.6 Å². The summed E-state index contributed by atoms with van der Waals surface area (Å²) < 4.78 is 27.5. The lowest BCUT2D eigenvalue weighted by Crippen LogP contribution is -2.35. The molecule has 1 saturated heterocycles. The topological polar surface area (TPSA) is 84.7 Å². The molecule has 0 atom stereocenters. The monoisotopic (exact) mass is 397 g/mol. The number of piperidine rings is 1. The first-order valence-corrected chi connectivity index (χ1v) is 10.9. The van der Waals surface area contributed by atoms with E-state index < -0.39 is 10.0 Å². The highest BCUT2D eigenvalue weighted by Gasteiger charge is 2.31. The van der Waals surface area contributed by atoms with E-state index in [0.717, 1.165) is 24.8 Å². The molecule has 146 valence electrons. The summed E-state index contributed by atoms with van der Waals surface area (Å²) in [6.07, 6.45) is 2.83. The van der Waals surface area contributed by atoms with Crippen LogP contribution in [0.1, 0.15) is 24.8 Å². The van der Waals surface area contributed by atoms with E-state index in [1.54, 1.807) is 29.2 Å². The molecule has 2 aliphatic heterocycles. The third kappa shape index (κ3) is 3.31. The summed E-state index contributed by atoms with van der Waals surface area (Å²) in [5.41, 5.74) is 1.83. The highest BCUT2D eigenvalue weighted by atomic mass is 32.2. The Kier molecular flexibility index (Phi) is 4.95. The Morgan fingerprint density at radius 2 is 1.64 bits per heavy atom. The first-order valence-electron chi connectivity index (χ1n) is 9.43. The molecule has 0 amide bonds. The zero-order valence-corrected chi connectivity index (χ0v) is 16.3. The number of anilines is 1. The van der Waals surface area contributed by atoms with Crippen molar-refractivity contribution in [3.63, 3.8) is 0 Å². The van der Waals surface area contributed by atoms with Crippen LogP contribution in [0, 0.1) is 5.41 Å². The van der Waals surface area contributed by atoms with Gasteiger partial charge in [0.25, 0.3) is 0 Å². The van der Waals surface area contributed by atoms with Gasteiger partial charge in [-0.2, -0.15) is 4.31 Å². The molecule has 2 aromatic carbocycles. The maximum absolute atomic E-state index is 13.0. The van der Waals surface area contributed by atoms with Gasteiger partial charge < -0.3 is 10.0 Å². The largest absolute Gasteiger partial charge is 0.510 e. The van der Waals surface area contributed by atoms with Crippen LogP contribution in [0.5, 0.6) is 0 Å². The molecule has 7 heteroatoms. The Morgan fingerprint density at radius 3 is 2.36 bits per heavy atom. The summed E-state index contributed by atoms with van der Waals surface area (Å²) in [5, 5.41) is 19.0. The smallest absolute Gasteiger partial charge is 0.243 e. The van der Waals surface area contributed by atoms with Gasteiger partial charge in [0.2, 0.25) is 10.0 Å². The van der Waals surface area contributed by atoms with E-state index in [1.165, 1.54) is 4.31 Å². The summed E-state index contributed by atoms with van der Waals surface area (Å²) in [4.78, 5) is 1.86. The van der Waals surface area contributed by atoms with Gasteiger partial charge in [0, 0.05) is 18.8 Å². The molecular weight excluding hydrogens is 374 g/mol. The average Bonchev–Trinajstić information content (AvgIpc) is 3.03. The molecule has 1 fully saturated rings. The van der Waals surface area contributed by atoms with E-state index in [9.17, 15) is 13.5 Å². The maximum atomic E-state index is 13.0. The first kappa shape index (κ1) is 18.7. The minimum absolute atomic E-state index is 0.112. The third-order valence-corrected chi connectivity index (χ3v) is 7.14. The van der Waals surface area contributed by atoms with Crippen molar-refractivity contribution in [1.29, 1.82) is 5.41 Å². The highest BCUT2D eigenvalue weighted by molar-refractivity contribution is 7.89. The second kappa shape index (κ2) is 7.41. The van der Waals surface area contributed by atoms with Crippen molar-refractivity contribution >= 4 is 27.1 Å². The number of sulfonamides is 1. The lowest BCUT2D eigenvalue weighted by atomic mass is 10.1. The van der Waals surface area contributed by atoms with E-state index in [1.807, 2.05) is 30.3 Å². The van der Waals surface area contributed by atoms with Gasteiger partial charge in [-0.05, 0) is 36.6 Å². The summed E-state index contributed by atoms with van der Waals surface area (Å²) in [6, 6.07) is 15.9. The minimum atomic E-state index is -3.55. The van der Waals surface area contributed by atoms with E-state index in [-0.39, 0.29) is 23.0 Å². The van der Waals surface area contributed by atoms with E-state index in [2.05, 4.69) is 0 Å². The molecule has 6 nitrogen and oxygen atoms in total. The van der Waals surface area contributed by atoms with Crippen LogP contribution in [0.25, 0.3) is 5.57 Å². The molecular formula is C21H23N3O3S. The highest BCUT2D eigenvalue weighted by Crippen LogP contribution is 2.32. The summed E-state index contributed by atoms with van der Waals surface area (Å²) >= 11 is 0. The van der Waals surface area contributed by atoms with Gasteiger partial charge in [0.15, 0.2) is 0 Å². The molecule has 2 N–H and O–H groups in total. The van der Waals surface area contributed by atoms with Crippen molar-refractivity contribution in [2.45, 2.75) is 24.2 Å². The number of rotatable bonds is 4. The Labute approximate surface area is 165 Å². The van der Waals surface area contributed by atoms with Crippen LogP contribution in [-0.2, 0) is 10.0 Å². The standard InChI is InChI=1S/C21H23N3O3S/c22-21-20(16-8-3-1-4-9-16)19(25)15-24(21)17-10-7-11-18(14-17)28(26,27)23-12-5-2-6-13-23/h1,3-4,7-11,14,22,25H,2,5-6,12-13,15H2. The molecule has 2 heterocycles. The molecule has 0 spiro atoms. The molecule has 0 aromatic heterocycles. The summed E-state index contributed by atoms with van der Waals surface area (Å²) in [5.74, 6) is 0.275. The van der Waals surface area contributed by atoms with Crippen molar-refractivity contribution < 1.29 is 13.5 Å². The average molecular weight is 398 g/mol. The zero-order chi connectivity index (χ0) is 19.7. The fourth-order valence-electron chi connectivity index (χ4n) is 3.77. The number of benzene rings is 2. The molecule has 0 aliphatic carbocycles. The molecule has 2 aliphatic rings. The molecule has 4 rings (SSSR count). The Morgan fingerprint density at radius 1 is 0.929 bits per heavy atom. The normalized spacial score (nSPS) is 18.7. The number of amidine groups is 1. The zero-order valence-electron chi connectivity index (χ0n) is 15.5. The predicted octanol–water partition coefficient (Wildman–Crippen LogP) is 3.63. The summed E-state index contributed by atoms with van der Waals surface area (Å²) in [7, 11) is -3.55. The van der Waals surface area contributed by atoms with Crippen LogP contribution in [0.15, 0.2) is 65.3 Å². The Balaban J connectivity index is 1.63. The van der Waals surface area contributed by atoms with Gasteiger partial charge in [-0.3, -0.25) is 5.41 Å². The van der Waals surface area contributed by atoms with Crippen LogP contribution in [0.2, 0.25) is 0 Å². The molecule has 0 radical (unpaired) electrons. The van der Waals surface area contributed by atoms with Crippen molar-refractivity contribution in [2.24, 2.45) is 0 Å². The van der Waals surface area contributed by atoms with Gasteiger partial charge in [-0.25, -0.2) is 8.42 Å². The maximum Gasteiger partial charge on any atom is 0.243 e. The van der Waals surface area contributed by atoms with Gasteiger partial charge in [-0.15, -0.1) is 0 Å². The van der Waals surface area contributed by atoms with Crippen LogP contribution in [-0.4, -0.2) is 43.3 Å². The minimum Gasteiger partial charge on any atom is -0.510 e. The SMILES string of the molecule is N=C1C(c2ccccc2)=C(O)CN1c1cccc(S(=O)(=O)N2CCCCC2)c1. The third-order valence-electron chi connectivity index (χ3n) is 5.25. The van der Waals surface area contributed by atoms with Crippen molar-refractivity contribution in [1.82, 2.24) is 4.31 Å². The number of aliphatic hydroxyl groups is 1. The van der Waals surface area contributed by atoms with Crippen molar-refractivity contribution in [2.75, 3.05) is 24.5 Å². The first-order chi connectivity index (χ1) is 13.5. The number of nitrogens with one attached hydrogen (secondary N) is 1. The Hall–Kier alpha value is -2.64. The molecule has 0 unspecified atom stereocenters. The lowest BCUT2D eigenvalue weighted by Gasteiger charge is -2.26. The number of hydrogen-bond donors (Lipinski definition) is 2. The summed E-state index contributed by atoms with van der Waals surface area (Å²) in [6.45, 7) is 1.25. The quantitative estimate of drug-likeness (QED) is 0.825. The number of aliphatic hydroxyl groups excluding tert-OH is 1. The van der Waals surface area contributed by atoms with Gasteiger partial charge in [0.05, 0.1) is 17.0 Å². The van der Waals surface area contributed by atoms with E-state index in [0.29, 0.717) is 24.4 Å². The number of nitrogens with zero attached hydrogens (tertiary/aromatic N) is 2. The molecule has 0 saturated carbocycles. The number of hydrogen-bond acceptors (Lipinski definition) is 4. The molecule has 0 bridgehead atoms. The second-order valence-corrected chi connectivity index (χ2v) is 9.02. The fraction of sp³-hybridized carbons (Fsp3) is 0.286. The van der Waals surface area contributed by atoms with E-state index in [4.69, 9.17) is 5.41 Å². The van der Waals surface area contributed by atoms with Crippen LogP contribution >= 0.6 is 0 Å². The fourth-order valence-corrected chi connectivity index (χ4v) is 5.33.